The number of rotatable bonds is 12. The van der Waals surface area contributed by atoms with Crippen molar-refractivity contribution in [2.45, 2.75) is 26.5 Å². The van der Waals surface area contributed by atoms with Crippen molar-refractivity contribution in [3.63, 3.8) is 0 Å². The van der Waals surface area contributed by atoms with Gasteiger partial charge in [0.05, 0.1) is 31.5 Å². The maximum Gasteiger partial charge on any atom is 0.338 e. The van der Waals surface area contributed by atoms with Gasteiger partial charge in [-0.25, -0.2) is 10.2 Å². The van der Waals surface area contributed by atoms with Crippen LogP contribution in [0.4, 0.5) is 0 Å². The number of ether oxygens (including phenoxy) is 4. The molecule has 4 aromatic rings. The maximum atomic E-state index is 12.8. The first-order valence-electron chi connectivity index (χ1n) is 14.6. The van der Waals surface area contributed by atoms with Crippen LogP contribution in [0.2, 0.25) is 0 Å². The van der Waals surface area contributed by atoms with Gasteiger partial charge in [-0.05, 0) is 72.2 Å². The Labute approximate surface area is 272 Å². The average Bonchev–Trinajstić information content (AvgIpc) is 3.06. The van der Waals surface area contributed by atoms with Gasteiger partial charge in [-0.15, -0.1) is 0 Å². The third kappa shape index (κ3) is 7.62. The molecule has 0 unspecified atom stereocenters. The number of hydrazone groups is 1. The van der Waals surface area contributed by atoms with Crippen molar-refractivity contribution in [2.75, 3.05) is 20.3 Å². The molecule has 0 aliphatic carbocycles. The van der Waals surface area contributed by atoms with E-state index in [1.54, 1.807) is 51.3 Å². The Morgan fingerprint density at radius 3 is 2.57 bits per heavy atom. The normalized spacial score (nSPS) is 14.4. The van der Waals surface area contributed by atoms with E-state index in [-0.39, 0.29) is 13.2 Å². The van der Waals surface area contributed by atoms with Crippen LogP contribution in [0.15, 0.2) is 101 Å². The lowest BCUT2D eigenvalue weighted by molar-refractivity contribution is -0.139. The zero-order chi connectivity index (χ0) is 32.5. The number of carbonyl (C=O) groups is 2. The molecule has 10 nitrogen and oxygen atoms in total. The Hall–Kier alpha value is -5.42. The van der Waals surface area contributed by atoms with Crippen LogP contribution in [-0.2, 0) is 20.9 Å². The summed E-state index contributed by atoms with van der Waals surface area (Å²) < 4.78 is 22.8. The second-order valence-electron chi connectivity index (χ2n) is 10.2. The van der Waals surface area contributed by atoms with Gasteiger partial charge < -0.3 is 29.6 Å². The van der Waals surface area contributed by atoms with Crippen molar-refractivity contribution in [2.24, 2.45) is 5.10 Å². The molecule has 0 bridgehead atoms. The molecule has 46 heavy (non-hydrogen) atoms. The van der Waals surface area contributed by atoms with Crippen LogP contribution in [0.25, 0.3) is 10.8 Å². The molecule has 11 heteroatoms. The van der Waals surface area contributed by atoms with E-state index < -0.39 is 17.9 Å². The SMILES string of the molecule is CCOC(=O)C1=C(C)NC(=S)N[C@@H]1c1ccccc1OCC(=O)NN=Cc1ccc(OCc2cccc3ccccc23)c(OC)c1. The number of para-hydroxylation sites is 1. The van der Waals surface area contributed by atoms with Crippen LogP contribution in [-0.4, -0.2) is 43.5 Å². The van der Waals surface area contributed by atoms with Gasteiger partial charge in [-0.1, -0.05) is 60.7 Å². The quantitative estimate of drug-likeness (QED) is 0.0821. The summed E-state index contributed by atoms with van der Waals surface area (Å²) in [6.07, 6.45) is 1.50. The summed E-state index contributed by atoms with van der Waals surface area (Å²) in [4.78, 5) is 25.4. The van der Waals surface area contributed by atoms with Gasteiger partial charge >= 0.3 is 5.97 Å². The van der Waals surface area contributed by atoms with E-state index in [1.807, 2.05) is 36.4 Å². The largest absolute Gasteiger partial charge is 0.493 e. The summed E-state index contributed by atoms with van der Waals surface area (Å²) in [6, 6.07) is 26.2. The highest BCUT2D eigenvalue weighted by Crippen LogP contribution is 2.34. The number of hydrogen-bond acceptors (Lipinski definition) is 8. The van der Waals surface area contributed by atoms with Crippen molar-refractivity contribution in [1.29, 1.82) is 0 Å². The molecular formula is C35H34N4O6S. The zero-order valence-electron chi connectivity index (χ0n) is 25.7. The lowest BCUT2D eigenvalue weighted by atomic mass is 9.95. The molecule has 0 saturated heterocycles. The molecule has 0 radical (unpaired) electrons. The molecule has 1 atom stereocenters. The van der Waals surface area contributed by atoms with Crippen LogP contribution in [0, 0.1) is 0 Å². The van der Waals surface area contributed by atoms with E-state index in [9.17, 15) is 9.59 Å². The number of carbonyl (C=O) groups excluding carboxylic acids is 2. The molecule has 1 aliphatic heterocycles. The number of amides is 1. The summed E-state index contributed by atoms with van der Waals surface area (Å²) in [5.41, 5.74) is 5.82. The minimum Gasteiger partial charge on any atom is -0.493 e. The van der Waals surface area contributed by atoms with Crippen LogP contribution >= 0.6 is 12.2 Å². The van der Waals surface area contributed by atoms with Gasteiger partial charge in [0.15, 0.2) is 23.2 Å². The number of fused-ring (bicyclic) bond motifs is 1. The second-order valence-corrected chi connectivity index (χ2v) is 10.7. The lowest BCUT2D eigenvalue weighted by Crippen LogP contribution is -2.45. The van der Waals surface area contributed by atoms with E-state index >= 15 is 0 Å². The fourth-order valence-electron chi connectivity index (χ4n) is 5.07. The zero-order valence-corrected chi connectivity index (χ0v) is 26.5. The number of nitrogens with zero attached hydrogens (tertiary/aromatic N) is 1. The molecule has 3 N–H and O–H groups in total. The fourth-order valence-corrected chi connectivity index (χ4v) is 5.34. The molecule has 0 spiro atoms. The molecule has 0 aromatic heterocycles. The summed E-state index contributed by atoms with van der Waals surface area (Å²) in [5.74, 6) is 0.577. The molecule has 236 valence electrons. The van der Waals surface area contributed by atoms with Crippen LogP contribution < -0.4 is 30.3 Å². The number of hydrogen-bond donors (Lipinski definition) is 3. The van der Waals surface area contributed by atoms with Crippen molar-refractivity contribution < 1.29 is 28.5 Å². The monoisotopic (exact) mass is 638 g/mol. The Balaban J connectivity index is 1.20. The van der Waals surface area contributed by atoms with Crippen molar-refractivity contribution >= 4 is 46.2 Å². The molecule has 1 heterocycles. The topological polar surface area (TPSA) is 120 Å². The van der Waals surface area contributed by atoms with Crippen molar-refractivity contribution in [1.82, 2.24) is 16.1 Å². The van der Waals surface area contributed by atoms with E-state index in [2.05, 4.69) is 39.4 Å². The minimum atomic E-state index is -0.626. The van der Waals surface area contributed by atoms with Gasteiger partial charge in [0.25, 0.3) is 5.91 Å². The summed E-state index contributed by atoms with van der Waals surface area (Å²) in [6.45, 7) is 3.78. The highest BCUT2D eigenvalue weighted by atomic mass is 32.1. The van der Waals surface area contributed by atoms with Crippen LogP contribution in [0.1, 0.15) is 36.6 Å². The molecule has 0 saturated carbocycles. The van der Waals surface area contributed by atoms with Gasteiger partial charge in [-0.2, -0.15) is 5.10 Å². The minimum absolute atomic E-state index is 0.224. The highest BCUT2D eigenvalue weighted by Gasteiger charge is 2.32. The third-order valence-corrected chi connectivity index (χ3v) is 7.43. The fraction of sp³-hybridized carbons (Fsp3) is 0.200. The Morgan fingerprint density at radius 2 is 1.74 bits per heavy atom. The first kappa shape index (κ1) is 32.0. The van der Waals surface area contributed by atoms with Gasteiger partial charge in [-0.3, -0.25) is 4.79 Å². The van der Waals surface area contributed by atoms with Crippen LogP contribution in [0.3, 0.4) is 0 Å². The smallest absolute Gasteiger partial charge is 0.338 e. The third-order valence-electron chi connectivity index (χ3n) is 7.21. The summed E-state index contributed by atoms with van der Waals surface area (Å²) >= 11 is 5.33. The molecule has 0 fully saturated rings. The molecular weight excluding hydrogens is 604 g/mol. The molecule has 4 aromatic carbocycles. The van der Waals surface area contributed by atoms with Crippen LogP contribution in [0.5, 0.6) is 17.2 Å². The van der Waals surface area contributed by atoms with E-state index in [4.69, 9.17) is 31.2 Å². The van der Waals surface area contributed by atoms with E-state index in [1.165, 1.54) is 6.21 Å². The molecule has 5 rings (SSSR count). The van der Waals surface area contributed by atoms with Gasteiger partial charge in [0, 0.05) is 11.3 Å². The Bertz CT molecular complexity index is 1820. The standard InChI is InChI=1S/C35H34N4O6S/c1-4-43-34(41)32-22(2)37-35(46)38-33(32)27-14-7-8-15-28(27)45-21-31(40)39-36-19-23-16-17-29(30(18-23)42-3)44-20-25-12-9-11-24-10-5-6-13-26(24)25/h5-19,33H,4,20-21H2,1-3H3,(H,39,40)(H2,37,38,46)/t33-/m1/s1. The summed E-state index contributed by atoms with van der Waals surface area (Å²) in [7, 11) is 1.57. The van der Waals surface area contributed by atoms with Gasteiger partial charge in [0.2, 0.25) is 0 Å². The number of allylic oxidation sites excluding steroid dienone is 1. The lowest BCUT2D eigenvalue weighted by Gasteiger charge is -2.30. The number of benzene rings is 4. The first-order valence-corrected chi connectivity index (χ1v) is 15.0. The predicted octanol–water partition coefficient (Wildman–Crippen LogP) is 5.31. The number of methoxy groups -OCH3 is 1. The number of esters is 1. The maximum absolute atomic E-state index is 12.8. The van der Waals surface area contributed by atoms with Crippen molar-refractivity contribution in [3.8, 4) is 17.2 Å². The van der Waals surface area contributed by atoms with Gasteiger partial charge in [0.1, 0.15) is 12.4 Å². The van der Waals surface area contributed by atoms with E-state index in [0.29, 0.717) is 51.4 Å². The number of nitrogens with one attached hydrogen (secondary N) is 3. The van der Waals surface area contributed by atoms with E-state index in [0.717, 1.165) is 16.3 Å². The second kappa shape index (κ2) is 15.0. The first-order chi connectivity index (χ1) is 22.4. The summed E-state index contributed by atoms with van der Waals surface area (Å²) in [5, 5.41) is 12.8. The highest BCUT2D eigenvalue weighted by molar-refractivity contribution is 7.80. The Morgan fingerprint density at radius 1 is 0.957 bits per heavy atom. The predicted molar refractivity (Wildman–Crippen MR) is 180 cm³/mol. The van der Waals surface area contributed by atoms with Crippen molar-refractivity contribution in [3.05, 3.63) is 113 Å². The number of thiocarbonyl (C=S) groups is 1. The molecule has 1 aliphatic rings. The molecule has 1 amide bonds. The Kier molecular flexibility index (Phi) is 10.5. The average molecular weight is 639 g/mol.